The predicted octanol–water partition coefficient (Wildman–Crippen LogP) is 2.47. The van der Waals surface area contributed by atoms with E-state index in [0.29, 0.717) is 0 Å². The third-order valence-corrected chi connectivity index (χ3v) is 2.63. The van der Waals surface area contributed by atoms with Crippen LogP contribution < -0.4 is 11.1 Å². The zero-order valence-electron chi connectivity index (χ0n) is 7.81. The second kappa shape index (κ2) is 4.37. The van der Waals surface area contributed by atoms with Crippen LogP contribution in [0.3, 0.4) is 0 Å². The summed E-state index contributed by atoms with van der Waals surface area (Å²) in [5.74, 6) is 0. The van der Waals surface area contributed by atoms with Gasteiger partial charge in [0.15, 0.2) is 5.11 Å². The van der Waals surface area contributed by atoms with Crippen LogP contribution in [0.2, 0.25) is 0 Å². The maximum atomic E-state index is 5.37. The van der Waals surface area contributed by atoms with Crippen molar-refractivity contribution in [2.75, 3.05) is 5.32 Å². The molecule has 2 rings (SSSR count). The van der Waals surface area contributed by atoms with E-state index in [2.05, 4.69) is 9.69 Å². The first-order valence-corrected chi connectivity index (χ1v) is 5.52. The molecule has 15 heavy (non-hydrogen) atoms. The van der Waals surface area contributed by atoms with E-state index in [0.717, 1.165) is 16.3 Å². The van der Waals surface area contributed by atoms with Gasteiger partial charge in [-0.2, -0.15) is 4.37 Å². The fourth-order valence-electron chi connectivity index (χ4n) is 1.20. The maximum Gasteiger partial charge on any atom is 0.168 e. The van der Waals surface area contributed by atoms with Gasteiger partial charge in [0, 0.05) is 11.6 Å². The van der Waals surface area contributed by atoms with Gasteiger partial charge in [-0.3, -0.25) is 0 Å². The average molecular weight is 235 g/mol. The average Bonchev–Trinajstić information content (AvgIpc) is 2.67. The molecule has 0 spiro atoms. The highest BCUT2D eigenvalue weighted by atomic mass is 32.1. The molecule has 0 unspecified atom stereocenters. The molecule has 76 valence electrons. The molecule has 1 aromatic heterocycles. The normalized spacial score (nSPS) is 9.87. The van der Waals surface area contributed by atoms with Gasteiger partial charge in [0.05, 0.1) is 5.69 Å². The molecule has 0 saturated carbocycles. The third kappa shape index (κ3) is 2.51. The van der Waals surface area contributed by atoms with Crippen LogP contribution in [0.4, 0.5) is 5.00 Å². The molecule has 0 radical (unpaired) electrons. The van der Waals surface area contributed by atoms with Crippen LogP contribution in [0.25, 0.3) is 11.3 Å². The van der Waals surface area contributed by atoms with E-state index >= 15 is 0 Å². The Kier molecular flexibility index (Phi) is 2.94. The molecular formula is C10H9N3S2. The summed E-state index contributed by atoms with van der Waals surface area (Å²) in [6.45, 7) is 0. The molecular weight excluding hydrogens is 226 g/mol. The highest BCUT2D eigenvalue weighted by Crippen LogP contribution is 2.24. The number of nitrogens with two attached hydrogens (primary N) is 1. The monoisotopic (exact) mass is 235 g/mol. The van der Waals surface area contributed by atoms with Crippen molar-refractivity contribution in [3.63, 3.8) is 0 Å². The lowest BCUT2D eigenvalue weighted by Crippen LogP contribution is -2.17. The number of benzene rings is 1. The molecule has 0 saturated heterocycles. The van der Waals surface area contributed by atoms with Crippen LogP contribution in [0.1, 0.15) is 0 Å². The Morgan fingerprint density at radius 2 is 2.07 bits per heavy atom. The molecule has 5 heteroatoms. The maximum absolute atomic E-state index is 5.37. The van der Waals surface area contributed by atoms with Crippen LogP contribution >= 0.6 is 23.8 Å². The minimum Gasteiger partial charge on any atom is -0.376 e. The highest BCUT2D eigenvalue weighted by Gasteiger charge is 2.03. The molecule has 3 nitrogen and oxygen atoms in total. The summed E-state index contributed by atoms with van der Waals surface area (Å²) in [6, 6.07) is 11.9. The Hall–Kier alpha value is -1.46. The van der Waals surface area contributed by atoms with Gasteiger partial charge in [-0.1, -0.05) is 30.3 Å². The highest BCUT2D eigenvalue weighted by molar-refractivity contribution is 7.80. The SMILES string of the molecule is NC(=S)Nc1cc(-c2ccccc2)ns1. The topological polar surface area (TPSA) is 50.9 Å². The number of nitrogens with zero attached hydrogens (tertiary/aromatic N) is 1. The Balaban J connectivity index is 2.24. The van der Waals surface area contributed by atoms with Gasteiger partial charge in [-0.25, -0.2) is 0 Å². The van der Waals surface area contributed by atoms with E-state index in [-0.39, 0.29) is 5.11 Å². The quantitative estimate of drug-likeness (QED) is 0.785. The van der Waals surface area contributed by atoms with Crippen LogP contribution in [0.5, 0.6) is 0 Å². The Labute approximate surface area is 97.1 Å². The van der Waals surface area contributed by atoms with Crippen molar-refractivity contribution in [2.24, 2.45) is 5.73 Å². The fraction of sp³-hybridized carbons (Fsp3) is 0. The number of thiocarbonyl (C=S) groups is 1. The van der Waals surface area contributed by atoms with Crippen LogP contribution in [-0.4, -0.2) is 9.49 Å². The molecule has 2 aromatic rings. The number of aromatic nitrogens is 1. The molecule has 3 N–H and O–H groups in total. The van der Waals surface area contributed by atoms with E-state index in [1.54, 1.807) is 0 Å². The van der Waals surface area contributed by atoms with Gasteiger partial charge in [-0.05, 0) is 23.8 Å². The summed E-state index contributed by atoms with van der Waals surface area (Å²) >= 11 is 6.09. The van der Waals surface area contributed by atoms with Crippen molar-refractivity contribution >= 4 is 33.9 Å². The lowest BCUT2D eigenvalue weighted by Gasteiger charge is -1.96. The number of hydrogen-bond acceptors (Lipinski definition) is 3. The molecule has 0 aliphatic carbocycles. The summed E-state index contributed by atoms with van der Waals surface area (Å²) in [7, 11) is 0. The molecule has 0 aliphatic rings. The Morgan fingerprint density at radius 3 is 2.73 bits per heavy atom. The van der Waals surface area contributed by atoms with E-state index < -0.39 is 0 Å². The van der Waals surface area contributed by atoms with Gasteiger partial charge in [-0.15, -0.1) is 0 Å². The van der Waals surface area contributed by atoms with Gasteiger partial charge >= 0.3 is 0 Å². The summed E-state index contributed by atoms with van der Waals surface area (Å²) < 4.78 is 4.30. The minimum absolute atomic E-state index is 0.262. The van der Waals surface area contributed by atoms with E-state index in [1.165, 1.54) is 11.5 Å². The summed E-state index contributed by atoms with van der Waals surface area (Å²) in [6.07, 6.45) is 0. The zero-order chi connectivity index (χ0) is 10.7. The molecule has 0 atom stereocenters. The fourth-order valence-corrected chi connectivity index (χ4v) is 2.05. The predicted molar refractivity (Wildman–Crippen MR) is 68.0 cm³/mol. The molecule has 0 aliphatic heterocycles. The minimum atomic E-state index is 0.262. The number of hydrogen-bond donors (Lipinski definition) is 2. The number of nitrogens with one attached hydrogen (secondary N) is 1. The summed E-state index contributed by atoms with van der Waals surface area (Å²) in [4.78, 5) is 0. The van der Waals surface area contributed by atoms with Crippen molar-refractivity contribution in [1.82, 2.24) is 4.37 Å². The van der Waals surface area contributed by atoms with Crippen LogP contribution in [-0.2, 0) is 0 Å². The molecule has 0 fully saturated rings. The third-order valence-electron chi connectivity index (χ3n) is 1.83. The van der Waals surface area contributed by atoms with E-state index in [1.807, 2.05) is 36.4 Å². The first-order chi connectivity index (χ1) is 7.25. The van der Waals surface area contributed by atoms with Gasteiger partial charge in [0.25, 0.3) is 0 Å². The van der Waals surface area contributed by atoms with Crippen molar-refractivity contribution in [1.29, 1.82) is 0 Å². The van der Waals surface area contributed by atoms with Gasteiger partial charge in [0.1, 0.15) is 5.00 Å². The van der Waals surface area contributed by atoms with Crippen LogP contribution in [0, 0.1) is 0 Å². The van der Waals surface area contributed by atoms with E-state index in [9.17, 15) is 0 Å². The van der Waals surface area contributed by atoms with Gasteiger partial charge in [0.2, 0.25) is 0 Å². The molecule has 0 bridgehead atoms. The Morgan fingerprint density at radius 1 is 1.33 bits per heavy atom. The van der Waals surface area contributed by atoms with Crippen molar-refractivity contribution in [3.8, 4) is 11.3 Å². The van der Waals surface area contributed by atoms with Crippen LogP contribution in [0.15, 0.2) is 36.4 Å². The first kappa shape index (κ1) is 10.1. The van der Waals surface area contributed by atoms with Crippen molar-refractivity contribution < 1.29 is 0 Å². The smallest absolute Gasteiger partial charge is 0.168 e. The molecule has 1 heterocycles. The zero-order valence-corrected chi connectivity index (χ0v) is 9.44. The standard InChI is InChI=1S/C10H9N3S2/c11-10(14)12-9-6-8(13-15-9)7-4-2-1-3-5-7/h1-6H,(H3,11,12,14). The molecule has 1 aromatic carbocycles. The second-order valence-corrected chi connectivity index (χ2v) is 4.18. The largest absolute Gasteiger partial charge is 0.376 e. The lowest BCUT2D eigenvalue weighted by atomic mass is 10.2. The summed E-state index contributed by atoms with van der Waals surface area (Å²) in [5.41, 5.74) is 7.39. The van der Waals surface area contributed by atoms with Crippen molar-refractivity contribution in [3.05, 3.63) is 36.4 Å². The molecule has 0 amide bonds. The number of rotatable bonds is 2. The Bertz CT molecular complexity index is 465. The first-order valence-electron chi connectivity index (χ1n) is 4.34. The second-order valence-electron chi connectivity index (χ2n) is 2.93. The number of anilines is 1. The lowest BCUT2D eigenvalue weighted by molar-refractivity contribution is 1.52. The van der Waals surface area contributed by atoms with Crippen molar-refractivity contribution in [2.45, 2.75) is 0 Å². The van der Waals surface area contributed by atoms with E-state index in [4.69, 9.17) is 18.0 Å². The van der Waals surface area contributed by atoms with Gasteiger partial charge < -0.3 is 11.1 Å². The summed E-state index contributed by atoms with van der Waals surface area (Å²) in [5, 5.41) is 3.98.